The van der Waals surface area contributed by atoms with Gasteiger partial charge in [-0.2, -0.15) is 0 Å². The highest BCUT2D eigenvalue weighted by atomic mass is 32.1. The summed E-state index contributed by atoms with van der Waals surface area (Å²) in [5.74, 6) is -5.75. The third-order valence-corrected chi connectivity index (χ3v) is 3.50. The number of aryl methyl sites for hydroxylation is 1. The zero-order chi connectivity index (χ0) is 14.0. The summed E-state index contributed by atoms with van der Waals surface area (Å²) in [6, 6.07) is 0.174. The summed E-state index contributed by atoms with van der Waals surface area (Å²) < 4.78 is 52.6. The molecule has 0 saturated carbocycles. The molecule has 1 aromatic heterocycles. The van der Waals surface area contributed by atoms with Crippen LogP contribution in [0.25, 0.3) is 0 Å². The first-order valence-electron chi connectivity index (χ1n) is 5.53. The molecule has 2 rings (SSSR count). The van der Waals surface area contributed by atoms with Crippen molar-refractivity contribution in [2.24, 2.45) is 0 Å². The van der Waals surface area contributed by atoms with E-state index in [2.05, 4.69) is 10.3 Å². The third kappa shape index (κ3) is 2.86. The molecule has 0 atom stereocenters. The quantitative estimate of drug-likeness (QED) is 0.683. The van der Waals surface area contributed by atoms with E-state index in [1.165, 1.54) is 11.3 Å². The highest BCUT2D eigenvalue weighted by molar-refractivity contribution is 7.09. The standard InChI is InChI=1S/C12H10F4N2S/c1-2-9-18-6(5-19-9)4-17-12-10(15)7(13)3-8(14)11(12)16/h3,5,17H,2,4H2,1H3. The fraction of sp³-hybridized carbons (Fsp3) is 0.250. The van der Waals surface area contributed by atoms with Crippen molar-refractivity contribution < 1.29 is 17.6 Å². The molecule has 0 fully saturated rings. The first kappa shape index (κ1) is 13.8. The molecule has 19 heavy (non-hydrogen) atoms. The van der Waals surface area contributed by atoms with E-state index in [-0.39, 0.29) is 12.6 Å². The molecule has 2 aromatic rings. The molecule has 0 spiro atoms. The van der Waals surface area contributed by atoms with E-state index in [0.717, 1.165) is 11.4 Å². The van der Waals surface area contributed by atoms with Gasteiger partial charge in [0.1, 0.15) is 5.69 Å². The molecule has 0 aliphatic heterocycles. The number of halogens is 4. The first-order chi connectivity index (χ1) is 9.02. The SMILES string of the molecule is CCc1nc(CNc2c(F)c(F)cc(F)c2F)cs1. The minimum Gasteiger partial charge on any atom is -0.374 e. The number of hydrogen-bond acceptors (Lipinski definition) is 3. The van der Waals surface area contributed by atoms with Gasteiger partial charge in [-0.15, -0.1) is 11.3 Å². The van der Waals surface area contributed by atoms with E-state index in [1.807, 2.05) is 6.92 Å². The lowest BCUT2D eigenvalue weighted by Crippen LogP contribution is -2.07. The zero-order valence-corrected chi connectivity index (χ0v) is 10.8. The minimum absolute atomic E-state index is 0.00671. The van der Waals surface area contributed by atoms with E-state index < -0.39 is 29.0 Å². The molecule has 1 N–H and O–H groups in total. The Labute approximate surface area is 111 Å². The molecule has 102 valence electrons. The second kappa shape index (κ2) is 5.56. The van der Waals surface area contributed by atoms with Crippen LogP contribution in [0.5, 0.6) is 0 Å². The summed E-state index contributed by atoms with van der Waals surface area (Å²) in [6.07, 6.45) is 0.752. The van der Waals surface area contributed by atoms with Crippen LogP contribution in [0.4, 0.5) is 23.2 Å². The van der Waals surface area contributed by atoms with Crippen LogP contribution in [0.2, 0.25) is 0 Å². The van der Waals surface area contributed by atoms with Gasteiger partial charge in [-0.3, -0.25) is 0 Å². The van der Waals surface area contributed by atoms with E-state index in [1.54, 1.807) is 5.38 Å². The maximum Gasteiger partial charge on any atom is 0.185 e. The number of anilines is 1. The number of hydrogen-bond donors (Lipinski definition) is 1. The van der Waals surface area contributed by atoms with Gasteiger partial charge in [0.15, 0.2) is 23.3 Å². The molecule has 7 heteroatoms. The number of aromatic nitrogens is 1. The third-order valence-electron chi connectivity index (χ3n) is 2.46. The Kier molecular flexibility index (Phi) is 4.04. The van der Waals surface area contributed by atoms with Gasteiger partial charge < -0.3 is 5.32 Å². The van der Waals surface area contributed by atoms with Gasteiger partial charge in [0.25, 0.3) is 0 Å². The van der Waals surface area contributed by atoms with Gasteiger partial charge in [0, 0.05) is 11.4 Å². The van der Waals surface area contributed by atoms with Crippen molar-refractivity contribution in [3.05, 3.63) is 45.4 Å². The first-order valence-corrected chi connectivity index (χ1v) is 6.41. The highest BCUT2D eigenvalue weighted by Crippen LogP contribution is 2.24. The summed E-state index contributed by atoms with van der Waals surface area (Å²) in [6.45, 7) is 1.92. The van der Waals surface area contributed by atoms with Crippen molar-refractivity contribution in [3.8, 4) is 0 Å². The molecule has 0 aliphatic carbocycles. The minimum atomic E-state index is -1.44. The predicted molar refractivity (Wildman–Crippen MR) is 65.1 cm³/mol. The molecular formula is C12H10F4N2S. The predicted octanol–water partition coefficient (Wildman–Crippen LogP) is 3.87. The van der Waals surface area contributed by atoms with Gasteiger partial charge >= 0.3 is 0 Å². The summed E-state index contributed by atoms with van der Waals surface area (Å²) in [4.78, 5) is 4.17. The molecular weight excluding hydrogens is 280 g/mol. The van der Waals surface area contributed by atoms with E-state index in [4.69, 9.17) is 0 Å². The lowest BCUT2D eigenvalue weighted by molar-refractivity contribution is 0.458. The molecule has 0 unspecified atom stereocenters. The lowest BCUT2D eigenvalue weighted by Gasteiger charge is -2.08. The van der Waals surface area contributed by atoms with E-state index >= 15 is 0 Å². The average molecular weight is 290 g/mol. The summed E-state index contributed by atoms with van der Waals surface area (Å²) >= 11 is 1.41. The van der Waals surface area contributed by atoms with Crippen LogP contribution in [0.15, 0.2) is 11.4 Å². The number of benzene rings is 1. The Balaban J connectivity index is 2.19. The summed E-state index contributed by atoms with van der Waals surface area (Å²) in [7, 11) is 0. The molecule has 2 nitrogen and oxygen atoms in total. The van der Waals surface area contributed by atoms with Crippen LogP contribution in [0.1, 0.15) is 17.6 Å². The fourth-order valence-electron chi connectivity index (χ4n) is 1.50. The molecule has 0 saturated heterocycles. The Morgan fingerprint density at radius 2 is 1.79 bits per heavy atom. The van der Waals surface area contributed by atoms with Crippen molar-refractivity contribution in [1.29, 1.82) is 0 Å². The highest BCUT2D eigenvalue weighted by Gasteiger charge is 2.18. The van der Waals surface area contributed by atoms with Crippen molar-refractivity contribution in [2.45, 2.75) is 19.9 Å². The largest absolute Gasteiger partial charge is 0.374 e. The molecule has 1 heterocycles. The van der Waals surface area contributed by atoms with Gasteiger partial charge in [0.2, 0.25) is 0 Å². The number of thiazole rings is 1. The second-order valence-electron chi connectivity index (χ2n) is 3.78. The molecule has 1 aromatic carbocycles. The molecule has 0 amide bonds. The number of nitrogens with zero attached hydrogens (tertiary/aromatic N) is 1. The Bertz CT molecular complexity index is 571. The smallest absolute Gasteiger partial charge is 0.185 e. The number of nitrogens with one attached hydrogen (secondary N) is 1. The zero-order valence-electron chi connectivity index (χ0n) is 9.94. The maximum absolute atomic E-state index is 13.4. The normalized spacial score (nSPS) is 10.8. The van der Waals surface area contributed by atoms with Crippen LogP contribution in [0, 0.1) is 23.3 Å². The molecule has 0 aliphatic rings. The van der Waals surface area contributed by atoms with Crippen LogP contribution >= 0.6 is 11.3 Å². The Hall–Kier alpha value is -1.63. The van der Waals surface area contributed by atoms with Crippen molar-refractivity contribution in [2.75, 3.05) is 5.32 Å². The Morgan fingerprint density at radius 1 is 1.16 bits per heavy atom. The van der Waals surface area contributed by atoms with Crippen LogP contribution < -0.4 is 5.32 Å². The fourth-order valence-corrected chi connectivity index (χ4v) is 2.24. The monoisotopic (exact) mass is 290 g/mol. The van der Waals surface area contributed by atoms with Crippen molar-refractivity contribution in [1.82, 2.24) is 4.98 Å². The molecule has 0 bridgehead atoms. The van der Waals surface area contributed by atoms with Crippen LogP contribution in [-0.4, -0.2) is 4.98 Å². The Morgan fingerprint density at radius 3 is 2.32 bits per heavy atom. The van der Waals surface area contributed by atoms with Crippen LogP contribution in [-0.2, 0) is 13.0 Å². The van der Waals surface area contributed by atoms with Gasteiger partial charge in [0.05, 0.1) is 17.2 Å². The topological polar surface area (TPSA) is 24.9 Å². The lowest BCUT2D eigenvalue weighted by atomic mass is 10.2. The van der Waals surface area contributed by atoms with Crippen molar-refractivity contribution in [3.63, 3.8) is 0 Å². The van der Waals surface area contributed by atoms with Gasteiger partial charge in [-0.05, 0) is 6.42 Å². The van der Waals surface area contributed by atoms with Gasteiger partial charge in [-0.1, -0.05) is 6.92 Å². The average Bonchev–Trinajstić information content (AvgIpc) is 2.84. The van der Waals surface area contributed by atoms with Crippen molar-refractivity contribution >= 4 is 17.0 Å². The number of rotatable bonds is 4. The maximum atomic E-state index is 13.4. The second-order valence-corrected chi connectivity index (χ2v) is 4.73. The van der Waals surface area contributed by atoms with E-state index in [9.17, 15) is 17.6 Å². The van der Waals surface area contributed by atoms with Gasteiger partial charge in [-0.25, -0.2) is 22.5 Å². The summed E-state index contributed by atoms with van der Waals surface area (Å²) in [5.41, 5.74) is -0.256. The molecule has 0 radical (unpaired) electrons. The summed E-state index contributed by atoms with van der Waals surface area (Å²) in [5, 5.41) is 4.93. The van der Waals surface area contributed by atoms with Crippen LogP contribution in [0.3, 0.4) is 0 Å². The van der Waals surface area contributed by atoms with E-state index in [0.29, 0.717) is 5.69 Å².